The van der Waals surface area contributed by atoms with Crippen molar-refractivity contribution < 1.29 is 29.3 Å². The van der Waals surface area contributed by atoms with Gasteiger partial charge in [-0.3, -0.25) is 4.48 Å². The van der Waals surface area contributed by atoms with Crippen LogP contribution in [0.3, 0.4) is 0 Å². The van der Waals surface area contributed by atoms with Crippen LogP contribution in [0.25, 0.3) is 0 Å². The Hall–Kier alpha value is -0.950. The number of unbranched alkanes of at least 4 members (excludes halogenated alkanes) is 3. The Bertz CT molecular complexity index is 264. The Morgan fingerprint density at radius 3 is 2.47 bits per heavy atom. The number of carbonyl (C=O) groups is 1. The van der Waals surface area contributed by atoms with Crippen LogP contribution in [0, 0.1) is 0 Å². The molecule has 0 atom stereocenters. The Balaban J connectivity index is 3.90. The minimum atomic E-state index is -1.33. The average molecular weight is 275 g/mol. The van der Waals surface area contributed by atoms with Gasteiger partial charge in [0, 0.05) is 0 Å². The zero-order valence-electron chi connectivity index (χ0n) is 11.6. The van der Waals surface area contributed by atoms with Gasteiger partial charge in [-0.2, -0.15) is 0 Å². The van der Waals surface area contributed by atoms with Gasteiger partial charge in [-0.05, 0) is 12.8 Å². The predicted octanol–water partition coefficient (Wildman–Crippen LogP) is -0.437. The van der Waals surface area contributed by atoms with E-state index >= 15 is 0 Å². The number of carbonyl (C=O) groups excluding carboxylic acids is 1. The molecule has 0 aliphatic heterocycles. The first-order valence-corrected chi connectivity index (χ1v) is 6.59. The van der Waals surface area contributed by atoms with Crippen molar-refractivity contribution in [3.63, 3.8) is 0 Å². The van der Waals surface area contributed by atoms with Gasteiger partial charge in [-0.1, -0.05) is 31.9 Å². The minimum Gasteiger partial charge on any atom is -0.544 e. The summed E-state index contributed by atoms with van der Waals surface area (Å²) < 4.78 is 4.80. The molecule has 0 rings (SSSR count). The first-order valence-electron chi connectivity index (χ1n) is 6.59. The van der Waals surface area contributed by atoms with Crippen molar-refractivity contribution >= 4 is 5.97 Å². The van der Waals surface area contributed by atoms with Gasteiger partial charge in [0.15, 0.2) is 20.2 Å². The quantitative estimate of drug-likeness (QED) is 0.218. The fourth-order valence-corrected chi connectivity index (χ4v) is 1.56. The van der Waals surface area contributed by atoms with E-state index < -0.39 is 30.5 Å². The SMILES string of the molecule is CCCCC/C=C/COC[N+](CO)(CO)CC(=O)[O-]. The summed E-state index contributed by atoms with van der Waals surface area (Å²) in [6.07, 6.45) is 8.40. The van der Waals surface area contributed by atoms with E-state index in [-0.39, 0.29) is 6.73 Å². The van der Waals surface area contributed by atoms with E-state index in [0.29, 0.717) is 6.61 Å². The summed E-state index contributed by atoms with van der Waals surface area (Å²) in [5.41, 5.74) is 0. The van der Waals surface area contributed by atoms with Crippen LogP contribution in [0.15, 0.2) is 12.2 Å². The summed E-state index contributed by atoms with van der Waals surface area (Å²) in [6, 6.07) is 0. The van der Waals surface area contributed by atoms with Gasteiger partial charge in [0.1, 0.15) is 6.54 Å². The van der Waals surface area contributed by atoms with Crippen LogP contribution >= 0.6 is 0 Å². The fraction of sp³-hybridized carbons (Fsp3) is 0.769. The number of carboxylic acid groups (broad SMARTS) is 1. The molecule has 0 heterocycles. The van der Waals surface area contributed by atoms with Gasteiger partial charge in [-0.25, -0.2) is 0 Å². The molecule has 2 N–H and O–H groups in total. The molecule has 6 nitrogen and oxygen atoms in total. The standard InChI is InChI=1S/C13H25NO5/c1-2-3-4-5-6-7-8-19-12-14(10-15,11-16)9-13(17)18/h6-7,15-16H,2-5,8-12H2,1H3/b7-6+. The Morgan fingerprint density at radius 2 is 1.95 bits per heavy atom. The van der Waals surface area contributed by atoms with Gasteiger partial charge in [0.05, 0.1) is 12.6 Å². The van der Waals surface area contributed by atoms with Crippen molar-refractivity contribution in [3.8, 4) is 0 Å². The van der Waals surface area contributed by atoms with Crippen molar-refractivity contribution in [2.75, 3.05) is 33.3 Å². The Labute approximate surface area is 114 Å². The Morgan fingerprint density at radius 1 is 1.26 bits per heavy atom. The maximum Gasteiger partial charge on any atom is 0.187 e. The molecule has 0 aliphatic rings. The van der Waals surface area contributed by atoms with E-state index in [2.05, 4.69) is 6.92 Å². The van der Waals surface area contributed by atoms with Crippen molar-refractivity contribution in [2.45, 2.75) is 32.6 Å². The number of carboxylic acids is 1. The average Bonchev–Trinajstić information content (AvgIpc) is 2.40. The number of ether oxygens (including phenoxy) is 1. The summed E-state index contributed by atoms with van der Waals surface area (Å²) in [5.74, 6) is -1.33. The third-order valence-corrected chi connectivity index (χ3v) is 2.78. The number of aliphatic hydroxyl groups excluding tert-OH is 2. The number of hydrogen-bond acceptors (Lipinski definition) is 5. The molecule has 6 heteroatoms. The van der Waals surface area contributed by atoms with Gasteiger partial charge in [0.2, 0.25) is 0 Å². The molecule has 0 unspecified atom stereocenters. The minimum absolute atomic E-state index is 0.0692. The number of aliphatic carboxylic acids is 1. The second-order valence-electron chi connectivity index (χ2n) is 4.62. The van der Waals surface area contributed by atoms with E-state index in [4.69, 9.17) is 14.9 Å². The molecule has 0 saturated heterocycles. The zero-order chi connectivity index (χ0) is 14.6. The van der Waals surface area contributed by atoms with Crippen LogP contribution in [-0.2, 0) is 9.53 Å². The molecule has 0 spiro atoms. The van der Waals surface area contributed by atoms with Crippen molar-refractivity contribution in [2.24, 2.45) is 0 Å². The summed E-state index contributed by atoms with van der Waals surface area (Å²) in [7, 11) is 0. The molecule has 19 heavy (non-hydrogen) atoms. The Kier molecular flexibility index (Phi) is 10.4. The zero-order valence-corrected chi connectivity index (χ0v) is 11.6. The molecule has 0 radical (unpaired) electrons. The largest absolute Gasteiger partial charge is 0.544 e. The summed E-state index contributed by atoms with van der Waals surface area (Å²) >= 11 is 0. The van der Waals surface area contributed by atoms with E-state index in [9.17, 15) is 9.90 Å². The third-order valence-electron chi connectivity index (χ3n) is 2.78. The summed E-state index contributed by atoms with van der Waals surface area (Å²) in [4.78, 5) is 10.5. The van der Waals surface area contributed by atoms with E-state index in [0.717, 1.165) is 12.8 Å². The number of quaternary nitrogens is 1. The van der Waals surface area contributed by atoms with Gasteiger partial charge < -0.3 is 24.9 Å². The smallest absolute Gasteiger partial charge is 0.187 e. The van der Waals surface area contributed by atoms with Crippen molar-refractivity contribution in [3.05, 3.63) is 12.2 Å². The molecule has 0 fully saturated rings. The predicted molar refractivity (Wildman–Crippen MR) is 68.4 cm³/mol. The maximum absolute atomic E-state index is 10.5. The first-order chi connectivity index (χ1) is 9.10. The molecule has 0 saturated carbocycles. The topological polar surface area (TPSA) is 89.8 Å². The van der Waals surface area contributed by atoms with Crippen molar-refractivity contribution in [1.29, 1.82) is 0 Å². The van der Waals surface area contributed by atoms with Gasteiger partial charge in [0.25, 0.3) is 0 Å². The van der Waals surface area contributed by atoms with Crippen LogP contribution in [0.4, 0.5) is 0 Å². The monoisotopic (exact) mass is 275 g/mol. The summed E-state index contributed by atoms with van der Waals surface area (Å²) in [5, 5.41) is 28.8. The third kappa shape index (κ3) is 8.72. The molecule has 0 amide bonds. The lowest BCUT2D eigenvalue weighted by atomic mass is 10.2. The number of aliphatic hydroxyl groups is 2. The molecular formula is C13H25NO5. The van der Waals surface area contributed by atoms with Crippen LogP contribution < -0.4 is 5.11 Å². The van der Waals surface area contributed by atoms with E-state index in [1.54, 1.807) is 0 Å². The highest BCUT2D eigenvalue weighted by atomic mass is 16.5. The van der Waals surface area contributed by atoms with Crippen LogP contribution in [0.5, 0.6) is 0 Å². The molecule has 0 aliphatic carbocycles. The normalized spacial score (nSPS) is 12.2. The molecule has 0 aromatic carbocycles. The number of nitrogens with zero attached hydrogens (tertiary/aromatic N) is 1. The molecule has 0 bridgehead atoms. The van der Waals surface area contributed by atoms with E-state index in [1.807, 2.05) is 12.2 Å². The number of allylic oxidation sites excluding steroid dienone is 1. The maximum atomic E-state index is 10.5. The molecule has 112 valence electrons. The lowest BCUT2D eigenvalue weighted by Gasteiger charge is -2.33. The lowest BCUT2D eigenvalue weighted by molar-refractivity contribution is -0.972. The van der Waals surface area contributed by atoms with Gasteiger partial charge >= 0.3 is 0 Å². The van der Waals surface area contributed by atoms with Gasteiger partial charge in [-0.15, -0.1) is 0 Å². The lowest BCUT2D eigenvalue weighted by Crippen LogP contribution is -2.56. The highest BCUT2D eigenvalue weighted by molar-refractivity contribution is 5.65. The van der Waals surface area contributed by atoms with E-state index in [1.165, 1.54) is 12.8 Å². The fourth-order valence-electron chi connectivity index (χ4n) is 1.56. The molecule has 0 aromatic heterocycles. The molecular weight excluding hydrogens is 250 g/mol. The highest BCUT2D eigenvalue weighted by Crippen LogP contribution is 2.04. The number of hydrogen-bond donors (Lipinski definition) is 2. The van der Waals surface area contributed by atoms with Crippen LogP contribution in [-0.4, -0.2) is 54.0 Å². The van der Waals surface area contributed by atoms with Crippen molar-refractivity contribution in [1.82, 2.24) is 0 Å². The second-order valence-corrected chi connectivity index (χ2v) is 4.62. The highest BCUT2D eigenvalue weighted by Gasteiger charge is 2.25. The van der Waals surface area contributed by atoms with Crippen LogP contribution in [0.1, 0.15) is 32.6 Å². The second kappa shape index (κ2) is 10.9. The first kappa shape index (κ1) is 18.0. The molecule has 0 aromatic rings. The number of rotatable bonds is 12. The summed E-state index contributed by atoms with van der Waals surface area (Å²) in [6.45, 7) is 0.910. The van der Waals surface area contributed by atoms with Crippen LogP contribution in [0.2, 0.25) is 0 Å².